The van der Waals surface area contributed by atoms with E-state index < -0.39 is 0 Å². The fourth-order valence-electron chi connectivity index (χ4n) is 2.56. The highest BCUT2D eigenvalue weighted by atomic mass is 19.1. The highest BCUT2D eigenvalue weighted by Gasteiger charge is 2.15. The van der Waals surface area contributed by atoms with Crippen LogP contribution in [0.4, 0.5) is 4.39 Å². The number of carbonyl (C=O) groups is 1. The lowest BCUT2D eigenvalue weighted by atomic mass is 10.0. The summed E-state index contributed by atoms with van der Waals surface area (Å²) in [7, 11) is 4.46. The third kappa shape index (κ3) is 3.43. The van der Waals surface area contributed by atoms with Gasteiger partial charge >= 0.3 is 0 Å². The standard InChI is InChI=1S/C19H18FN3O3/c1-22(26-3)19(24)17-11-23(12-21-17)15-6-4-5-13(9-15)16-10-14(20)7-8-18(16)25-2/h4-12H,1-3H3. The van der Waals surface area contributed by atoms with Crippen molar-refractivity contribution in [1.82, 2.24) is 14.6 Å². The number of hydrogen-bond donors (Lipinski definition) is 0. The van der Waals surface area contributed by atoms with E-state index >= 15 is 0 Å². The number of carbonyl (C=O) groups excluding carboxylic acids is 1. The molecule has 0 bridgehead atoms. The molecule has 0 N–H and O–H groups in total. The maximum atomic E-state index is 13.7. The molecule has 1 aromatic heterocycles. The maximum Gasteiger partial charge on any atom is 0.297 e. The molecule has 3 aromatic rings. The molecule has 26 heavy (non-hydrogen) atoms. The second-order valence-electron chi connectivity index (χ2n) is 5.55. The van der Waals surface area contributed by atoms with E-state index in [1.54, 1.807) is 30.3 Å². The molecule has 134 valence electrons. The second kappa shape index (κ2) is 7.37. The van der Waals surface area contributed by atoms with Crippen molar-refractivity contribution in [2.45, 2.75) is 0 Å². The molecule has 0 unspecified atom stereocenters. The molecule has 0 aliphatic heterocycles. The van der Waals surface area contributed by atoms with Crippen LogP contribution in [0.1, 0.15) is 10.5 Å². The van der Waals surface area contributed by atoms with Gasteiger partial charge in [-0.3, -0.25) is 9.63 Å². The van der Waals surface area contributed by atoms with Crippen molar-refractivity contribution in [2.75, 3.05) is 21.3 Å². The Labute approximate surface area is 150 Å². The number of imidazole rings is 1. The Morgan fingerprint density at radius 2 is 2.00 bits per heavy atom. The van der Waals surface area contributed by atoms with Gasteiger partial charge in [-0.05, 0) is 35.9 Å². The van der Waals surface area contributed by atoms with Gasteiger partial charge in [-0.25, -0.2) is 14.4 Å². The van der Waals surface area contributed by atoms with Crippen LogP contribution >= 0.6 is 0 Å². The molecule has 7 heteroatoms. The number of aromatic nitrogens is 2. The minimum Gasteiger partial charge on any atom is -0.496 e. The highest BCUT2D eigenvalue weighted by Crippen LogP contribution is 2.31. The summed E-state index contributed by atoms with van der Waals surface area (Å²) in [5, 5.41) is 1.10. The van der Waals surface area contributed by atoms with Crippen LogP contribution in [0.5, 0.6) is 5.75 Å². The van der Waals surface area contributed by atoms with E-state index in [9.17, 15) is 9.18 Å². The zero-order chi connectivity index (χ0) is 18.7. The topological polar surface area (TPSA) is 56.6 Å². The van der Waals surface area contributed by atoms with Crippen LogP contribution in [-0.2, 0) is 4.84 Å². The Balaban J connectivity index is 1.97. The first-order valence-electron chi connectivity index (χ1n) is 7.84. The van der Waals surface area contributed by atoms with Gasteiger partial charge in [0.1, 0.15) is 23.6 Å². The molecule has 0 saturated carbocycles. The van der Waals surface area contributed by atoms with E-state index in [2.05, 4.69) is 4.98 Å². The Morgan fingerprint density at radius 1 is 1.19 bits per heavy atom. The predicted molar refractivity (Wildman–Crippen MR) is 94.6 cm³/mol. The molecule has 0 fully saturated rings. The SMILES string of the molecule is COc1ccc(F)cc1-c1cccc(-n2cnc(C(=O)N(C)OC)c2)c1. The number of halogens is 1. The predicted octanol–water partition coefficient (Wildman–Crippen LogP) is 3.32. The zero-order valence-corrected chi connectivity index (χ0v) is 14.6. The summed E-state index contributed by atoms with van der Waals surface area (Å²) in [5.41, 5.74) is 2.46. The first-order valence-corrected chi connectivity index (χ1v) is 7.84. The molecular weight excluding hydrogens is 337 g/mol. The van der Waals surface area contributed by atoms with Crippen molar-refractivity contribution >= 4 is 5.91 Å². The Morgan fingerprint density at radius 3 is 2.73 bits per heavy atom. The van der Waals surface area contributed by atoms with Crippen molar-refractivity contribution in [1.29, 1.82) is 0 Å². The summed E-state index contributed by atoms with van der Waals surface area (Å²) >= 11 is 0. The number of hydroxylamine groups is 2. The Bertz CT molecular complexity index is 939. The quantitative estimate of drug-likeness (QED) is 0.659. The Hall–Kier alpha value is -3.19. The van der Waals surface area contributed by atoms with Crippen LogP contribution in [0.15, 0.2) is 55.0 Å². The van der Waals surface area contributed by atoms with Crippen LogP contribution in [0.25, 0.3) is 16.8 Å². The van der Waals surface area contributed by atoms with Gasteiger partial charge in [-0.15, -0.1) is 0 Å². The highest BCUT2D eigenvalue weighted by molar-refractivity contribution is 5.91. The molecule has 0 aliphatic rings. The van der Waals surface area contributed by atoms with Crippen LogP contribution in [0, 0.1) is 5.82 Å². The van der Waals surface area contributed by atoms with E-state index in [4.69, 9.17) is 9.57 Å². The van der Waals surface area contributed by atoms with Crippen molar-refractivity contribution in [3.05, 3.63) is 66.5 Å². The maximum absolute atomic E-state index is 13.7. The van der Waals surface area contributed by atoms with Gasteiger partial charge in [-0.2, -0.15) is 0 Å². The van der Waals surface area contributed by atoms with Gasteiger partial charge in [-0.1, -0.05) is 12.1 Å². The van der Waals surface area contributed by atoms with Gasteiger partial charge in [0.2, 0.25) is 0 Å². The first-order chi connectivity index (χ1) is 12.5. The van der Waals surface area contributed by atoms with Crippen molar-refractivity contribution < 1.29 is 18.8 Å². The van der Waals surface area contributed by atoms with Crippen LogP contribution in [0.3, 0.4) is 0 Å². The molecule has 0 spiro atoms. The number of benzene rings is 2. The van der Waals surface area contributed by atoms with E-state index in [1.807, 2.05) is 24.3 Å². The summed E-state index contributed by atoms with van der Waals surface area (Å²) in [6.45, 7) is 0. The number of hydrogen-bond acceptors (Lipinski definition) is 4. The minimum atomic E-state index is -0.353. The summed E-state index contributed by atoms with van der Waals surface area (Å²) in [4.78, 5) is 21.1. The normalized spacial score (nSPS) is 10.6. The van der Waals surface area contributed by atoms with Gasteiger partial charge < -0.3 is 9.30 Å². The lowest BCUT2D eigenvalue weighted by molar-refractivity contribution is -0.0760. The molecule has 3 rings (SSSR count). The number of rotatable bonds is 5. The summed E-state index contributed by atoms with van der Waals surface area (Å²) in [6, 6.07) is 11.8. The van der Waals surface area contributed by atoms with Crippen LogP contribution in [-0.4, -0.2) is 41.8 Å². The fourth-order valence-corrected chi connectivity index (χ4v) is 2.56. The van der Waals surface area contributed by atoms with Crippen LogP contribution < -0.4 is 4.74 Å². The monoisotopic (exact) mass is 355 g/mol. The second-order valence-corrected chi connectivity index (χ2v) is 5.55. The molecule has 2 aromatic carbocycles. The average Bonchev–Trinajstić information content (AvgIpc) is 3.17. The van der Waals surface area contributed by atoms with Crippen molar-refractivity contribution in [2.24, 2.45) is 0 Å². The molecule has 1 heterocycles. The smallest absolute Gasteiger partial charge is 0.297 e. The molecule has 0 radical (unpaired) electrons. The van der Waals surface area contributed by atoms with Gasteiger partial charge in [0.25, 0.3) is 5.91 Å². The van der Waals surface area contributed by atoms with Crippen molar-refractivity contribution in [3.8, 4) is 22.6 Å². The largest absolute Gasteiger partial charge is 0.496 e. The number of amides is 1. The number of methoxy groups -OCH3 is 1. The van der Waals surface area contributed by atoms with Crippen molar-refractivity contribution in [3.63, 3.8) is 0 Å². The van der Waals surface area contributed by atoms with Gasteiger partial charge in [0, 0.05) is 24.5 Å². The fraction of sp³-hybridized carbons (Fsp3) is 0.158. The third-order valence-corrected chi connectivity index (χ3v) is 3.98. The van der Waals surface area contributed by atoms with E-state index in [-0.39, 0.29) is 17.4 Å². The number of ether oxygens (including phenoxy) is 1. The van der Waals surface area contributed by atoms with Gasteiger partial charge in [0.05, 0.1) is 14.2 Å². The average molecular weight is 355 g/mol. The van der Waals surface area contributed by atoms with E-state index in [1.165, 1.54) is 26.3 Å². The summed E-state index contributed by atoms with van der Waals surface area (Å²) in [6.07, 6.45) is 3.15. The van der Waals surface area contributed by atoms with E-state index in [0.717, 1.165) is 16.3 Å². The van der Waals surface area contributed by atoms with Crippen LogP contribution in [0.2, 0.25) is 0 Å². The Kier molecular flexibility index (Phi) is 4.99. The lowest BCUT2D eigenvalue weighted by Gasteiger charge is -2.11. The molecule has 0 aliphatic carbocycles. The van der Waals surface area contributed by atoms with E-state index in [0.29, 0.717) is 11.3 Å². The first kappa shape index (κ1) is 17.6. The zero-order valence-electron chi connectivity index (χ0n) is 14.6. The molecular formula is C19H18FN3O3. The lowest BCUT2D eigenvalue weighted by Crippen LogP contribution is -2.25. The third-order valence-electron chi connectivity index (χ3n) is 3.98. The number of nitrogens with zero attached hydrogens (tertiary/aromatic N) is 3. The summed E-state index contributed by atoms with van der Waals surface area (Å²) < 4.78 is 20.7. The minimum absolute atomic E-state index is 0.253. The molecule has 6 nitrogen and oxygen atoms in total. The molecule has 1 amide bonds. The molecule has 0 saturated heterocycles. The molecule has 0 atom stereocenters. The van der Waals surface area contributed by atoms with Gasteiger partial charge in [0.15, 0.2) is 0 Å². The summed E-state index contributed by atoms with van der Waals surface area (Å²) in [5.74, 6) is -0.120.